The Morgan fingerprint density at radius 1 is 1.33 bits per heavy atom. The lowest BCUT2D eigenvalue weighted by Crippen LogP contribution is -2.37. The zero-order valence-electron chi connectivity index (χ0n) is 12.4. The minimum Gasteiger partial charge on any atom is -0.329 e. The Balaban J connectivity index is 1.77. The summed E-state index contributed by atoms with van der Waals surface area (Å²) in [5, 5.41) is 6.99. The van der Waals surface area contributed by atoms with Crippen molar-refractivity contribution < 1.29 is 4.79 Å². The first kappa shape index (κ1) is 13.8. The normalized spacial score (nSPS) is 14.4. The van der Waals surface area contributed by atoms with Crippen LogP contribution in [-0.4, -0.2) is 32.0 Å². The highest BCUT2D eigenvalue weighted by atomic mass is 16.2. The van der Waals surface area contributed by atoms with Crippen LogP contribution in [0.1, 0.15) is 54.6 Å². The molecule has 0 atom stereocenters. The van der Waals surface area contributed by atoms with Gasteiger partial charge in [-0.1, -0.05) is 30.3 Å². The second-order valence-electron chi connectivity index (χ2n) is 5.83. The molecule has 1 saturated carbocycles. The summed E-state index contributed by atoms with van der Waals surface area (Å²) in [6.07, 6.45) is 2.28. The molecule has 0 spiro atoms. The Labute approximate surface area is 124 Å². The summed E-state index contributed by atoms with van der Waals surface area (Å²) in [5.41, 5.74) is 1.11. The average molecular weight is 284 g/mol. The topological polar surface area (TPSA) is 61.9 Å². The summed E-state index contributed by atoms with van der Waals surface area (Å²) >= 11 is 0. The van der Waals surface area contributed by atoms with E-state index in [4.69, 9.17) is 0 Å². The highest BCUT2D eigenvalue weighted by Crippen LogP contribution is 2.37. The summed E-state index contributed by atoms with van der Waals surface area (Å²) in [6, 6.07) is 10.1. The van der Waals surface area contributed by atoms with Crippen molar-refractivity contribution in [2.45, 2.75) is 45.2 Å². The van der Waals surface area contributed by atoms with Gasteiger partial charge in [0.2, 0.25) is 5.82 Å². The van der Waals surface area contributed by atoms with Gasteiger partial charge in [0, 0.05) is 18.5 Å². The molecule has 3 rings (SSSR count). The number of aromatic amines is 1. The molecular weight excluding hydrogens is 264 g/mol. The Morgan fingerprint density at radius 3 is 2.67 bits per heavy atom. The molecule has 0 aliphatic heterocycles. The van der Waals surface area contributed by atoms with Crippen molar-refractivity contribution in [3.8, 4) is 0 Å². The minimum atomic E-state index is -0.114. The van der Waals surface area contributed by atoms with Crippen LogP contribution >= 0.6 is 0 Å². The second-order valence-corrected chi connectivity index (χ2v) is 5.83. The van der Waals surface area contributed by atoms with Crippen molar-refractivity contribution in [2.24, 2.45) is 0 Å². The van der Waals surface area contributed by atoms with Crippen LogP contribution in [0.5, 0.6) is 0 Å². The van der Waals surface area contributed by atoms with E-state index in [9.17, 15) is 4.79 Å². The van der Waals surface area contributed by atoms with Gasteiger partial charge in [-0.3, -0.25) is 9.89 Å². The van der Waals surface area contributed by atoms with Crippen LogP contribution in [0.4, 0.5) is 0 Å². The highest BCUT2D eigenvalue weighted by molar-refractivity contribution is 5.90. The number of H-pyrrole nitrogens is 1. The van der Waals surface area contributed by atoms with Crippen LogP contribution in [0.2, 0.25) is 0 Å². The predicted octanol–water partition coefficient (Wildman–Crippen LogP) is 2.73. The number of rotatable bonds is 5. The number of carbonyl (C=O) groups excluding carboxylic acids is 1. The summed E-state index contributed by atoms with van der Waals surface area (Å²) in [5.74, 6) is 1.49. The number of amides is 1. The van der Waals surface area contributed by atoms with Crippen molar-refractivity contribution in [1.29, 1.82) is 0 Å². The average Bonchev–Trinajstić information content (AvgIpc) is 3.22. The van der Waals surface area contributed by atoms with E-state index in [1.165, 1.54) is 0 Å². The first-order valence-corrected chi connectivity index (χ1v) is 7.42. The maximum Gasteiger partial charge on any atom is 0.294 e. The largest absolute Gasteiger partial charge is 0.329 e. The van der Waals surface area contributed by atoms with E-state index in [0.29, 0.717) is 12.5 Å². The van der Waals surface area contributed by atoms with Gasteiger partial charge in [0.05, 0.1) is 0 Å². The van der Waals surface area contributed by atoms with Crippen molar-refractivity contribution in [2.75, 3.05) is 0 Å². The van der Waals surface area contributed by atoms with Crippen molar-refractivity contribution in [3.05, 3.63) is 47.5 Å². The molecule has 1 aromatic heterocycles. The Hall–Kier alpha value is -2.17. The third-order valence-electron chi connectivity index (χ3n) is 3.74. The van der Waals surface area contributed by atoms with Crippen LogP contribution < -0.4 is 0 Å². The number of nitrogens with one attached hydrogen (secondary N) is 1. The number of aromatic nitrogens is 3. The quantitative estimate of drug-likeness (QED) is 0.918. The fourth-order valence-corrected chi connectivity index (χ4v) is 2.31. The van der Waals surface area contributed by atoms with Crippen molar-refractivity contribution in [3.63, 3.8) is 0 Å². The molecule has 0 saturated heterocycles. The molecule has 0 unspecified atom stereocenters. The zero-order valence-corrected chi connectivity index (χ0v) is 12.4. The first-order valence-electron chi connectivity index (χ1n) is 7.42. The maximum absolute atomic E-state index is 12.6. The van der Waals surface area contributed by atoms with Gasteiger partial charge < -0.3 is 4.90 Å². The summed E-state index contributed by atoms with van der Waals surface area (Å²) in [4.78, 5) is 18.8. The van der Waals surface area contributed by atoms with Gasteiger partial charge in [-0.05, 0) is 32.3 Å². The van der Waals surface area contributed by atoms with Gasteiger partial charge >= 0.3 is 0 Å². The number of carbonyl (C=O) groups is 1. The van der Waals surface area contributed by atoms with Crippen LogP contribution in [0, 0.1) is 0 Å². The summed E-state index contributed by atoms with van der Waals surface area (Å²) in [6.45, 7) is 4.59. The van der Waals surface area contributed by atoms with Gasteiger partial charge in [-0.2, -0.15) is 0 Å². The molecule has 1 N–H and O–H groups in total. The van der Waals surface area contributed by atoms with E-state index in [2.05, 4.69) is 15.2 Å². The predicted molar refractivity (Wildman–Crippen MR) is 79.8 cm³/mol. The van der Waals surface area contributed by atoms with E-state index in [0.717, 1.165) is 24.2 Å². The van der Waals surface area contributed by atoms with Gasteiger partial charge in [0.25, 0.3) is 5.91 Å². The lowest BCUT2D eigenvalue weighted by Gasteiger charge is -2.25. The van der Waals surface area contributed by atoms with Crippen molar-refractivity contribution in [1.82, 2.24) is 20.1 Å². The molecule has 1 aromatic carbocycles. The van der Waals surface area contributed by atoms with E-state index in [1.54, 1.807) is 4.90 Å². The van der Waals surface area contributed by atoms with E-state index in [-0.39, 0.29) is 17.8 Å². The molecule has 110 valence electrons. The lowest BCUT2D eigenvalue weighted by atomic mass is 10.2. The number of hydrogen-bond acceptors (Lipinski definition) is 3. The first-order chi connectivity index (χ1) is 10.1. The van der Waals surface area contributed by atoms with E-state index in [1.807, 2.05) is 44.2 Å². The Morgan fingerprint density at radius 2 is 2.05 bits per heavy atom. The standard InChI is InChI=1S/C16H20N4O/c1-11(2)20(10-12-6-4-3-5-7-12)16(21)15-17-14(18-19-15)13-8-9-13/h3-7,11,13H,8-10H2,1-2H3,(H,17,18,19). The molecule has 5 heteroatoms. The Bertz CT molecular complexity index is 616. The third kappa shape index (κ3) is 3.12. The molecular formula is C16H20N4O. The Kier molecular flexibility index (Phi) is 3.73. The van der Waals surface area contributed by atoms with Gasteiger partial charge in [0.15, 0.2) is 0 Å². The van der Waals surface area contributed by atoms with Crippen molar-refractivity contribution >= 4 is 5.91 Å². The molecule has 0 bridgehead atoms. The molecule has 1 amide bonds. The number of nitrogens with zero attached hydrogens (tertiary/aromatic N) is 3. The molecule has 5 nitrogen and oxygen atoms in total. The van der Waals surface area contributed by atoms with Crippen LogP contribution in [0.15, 0.2) is 30.3 Å². The zero-order chi connectivity index (χ0) is 14.8. The third-order valence-corrected chi connectivity index (χ3v) is 3.74. The summed E-state index contributed by atoms with van der Waals surface area (Å²) in [7, 11) is 0. The highest BCUT2D eigenvalue weighted by Gasteiger charge is 2.29. The van der Waals surface area contributed by atoms with E-state index < -0.39 is 0 Å². The SMILES string of the molecule is CC(C)N(Cc1ccccc1)C(=O)c1n[nH]c(C2CC2)n1. The van der Waals surface area contributed by atoms with Gasteiger partial charge in [-0.25, -0.2) is 4.98 Å². The molecule has 1 aliphatic rings. The van der Waals surface area contributed by atoms with Crippen LogP contribution in [0.3, 0.4) is 0 Å². The number of benzene rings is 1. The second kappa shape index (κ2) is 5.68. The fraction of sp³-hybridized carbons (Fsp3) is 0.438. The summed E-state index contributed by atoms with van der Waals surface area (Å²) < 4.78 is 0. The van der Waals surface area contributed by atoms with E-state index >= 15 is 0 Å². The van der Waals surface area contributed by atoms with Gasteiger partial charge in [0.1, 0.15) is 5.82 Å². The molecule has 1 heterocycles. The monoisotopic (exact) mass is 284 g/mol. The maximum atomic E-state index is 12.6. The smallest absolute Gasteiger partial charge is 0.294 e. The lowest BCUT2D eigenvalue weighted by molar-refractivity contribution is 0.0678. The van der Waals surface area contributed by atoms with Crippen LogP contribution in [-0.2, 0) is 6.54 Å². The molecule has 2 aromatic rings. The number of hydrogen-bond donors (Lipinski definition) is 1. The van der Waals surface area contributed by atoms with Gasteiger partial charge in [-0.15, -0.1) is 5.10 Å². The molecule has 1 aliphatic carbocycles. The fourth-order valence-electron chi connectivity index (χ4n) is 2.31. The molecule has 0 radical (unpaired) electrons. The minimum absolute atomic E-state index is 0.0978. The van der Waals surface area contributed by atoms with Crippen LogP contribution in [0.25, 0.3) is 0 Å². The molecule has 1 fully saturated rings. The molecule has 21 heavy (non-hydrogen) atoms.